The van der Waals surface area contributed by atoms with Gasteiger partial charge >= 0.3 is 0 Å². The highest BCUT2D eigenvalue weighted by molar-refractivity contribution is 5.75. The normalized spacial score (nSPS) is 10.6. The molecule has 0 aliphatic rings. The Morgan fingerprint density at radius 2 is 1.15 bits per heavy atom. The fourth-order valence-corrected chi connectivity index (χ4v) is 2.71. The first-order chi connectivity index (χ1) is 12.7. The number of hydrogen-bond donors (Lipinski definition) is 2. The molecule has 3 nitrogen and oxygen atoms in total. The van der Waals surface area contributed by atoms with Crippen molar-refractivity contribution in [3.8, 4) is 0 Å². The molecular formula is C23H48N2O. The molecule has 0 rings (SSSR count). The van der Waals surface area contributed by atoms with Gasteiger partial charge in [0.05, 0.1) is 0 Å². The second kappa shape index (κ2) is 26.4. The van der Waals surface area contributed by atoms with Crippen LogP contribution < -0.4 is 10.6 Å². The third kappa shape index (κ3) is 28.0. The van der Waals surface area contributed by atoms with E-state index in [1.165, 1.54) is 77.0 Å². The summed E-state index contributed by atoms with van der Waals surface area (Å²) in [5.74, 6) is 0.226. The van der Waals surface area contributed by atoms with E-state index in [1.807, 2.05) is 14.1 Å². The number of unbranched alkanes of at least 4 members (excludes halogenated alkanes) is 11. The number of allylic oxidation sites excluding steroid dienone is 2. The molecule has 0 heterocycles. The van der Waals surface area contributed by atoms with E-state index in [1.54, 1.807) is 0 Å². The van der Waals surface area contributed by atoms with Crippen LogP contribution in [0.5, 0.6) is 0 Å². The van der Waals surface area contributed by atoms with Crippen LogP contribution in [0.4, 0.5) is 0 Å². The lowest BCUT2D eigenvalue weighted by Crippen LogP contribution is -2.23. The predicted molar refractivity (Wildman–Crippen MR) is 118 cm³/mol. The summed E-state index contributed by atoms with van der Waals surface area (Å²) in [4.78, 5) is 11.4. The van der Waals surface area contributed by atoms with Crippen LogP contribution in [0.25, 0.3) is 0 Å². The summed E-state index contributed by atoms with van der Waals surface area (Å²) in [7, 11) is 3.75. The summed E-state index contributed by atoms with van der Waals surface area (Å²) < 4.78 is 0. The number of carbonyl (C=O) groups is 1. The highest BCUT2D eigenvalue weighted by Gasteiger charge is 1.99. The summed E-state index contributed by atoms with van der Waals surface area (Å²) in [6.07, 6.45) is 23.4. The molecule has 0 aromatic carbocycles. The van der Waals surface area contributed by atoms with Gasteiger partial charge in [0.15, 0.2) is 0 Å². The zero-order valence-electron chi connectivity index (χ0n) is 18.4. The molecule has 2 N–H and O–H groups in total. The number of carbonyl (C=O) groups excluding carboxylic acids is 1. The van der Waals surface area contributed by atoms with E-state index < -0.39 is 0 Å². The maximum Gasteiger partial charge on any atom is 0.219 e. The largest absolute Gasteiger partial charge is 0.356 e. The van der Waals surface area contributed by atoms with Crippen LogP contribution in [0.2, 0.25) is 0 Å². The van der Waals surface area contributed by atoms with E-state index in [2.05, 4.69) is 36.6 Å². The topological polar surface area (TPSA) is 41.1 Å². The Kier molecular flexibility index (Phi) is 27.8. The van der Waals surface area contributed by atoms with E-state index in [9.17, 15) is 4.79 Å². The van der Waals surface area contributed by atoms with Gasteiger partial charge in [0.2, 0.25) is 5.91 Å². The molecule has 26 heavy (non-hydrogen) atoms. The summed E-state index contributed by atoms with van der Waals surface area (Å²) >= 11 is 0. The second-order valence-electron chi connectivity index (χ2n) is 7.18. The molecule has 0 aliphatic heterocycles. The minimum absolute atomic E-state index is 0.226. The lowest BCUT2D eigenvalue weighted by atomic mass is 10.1. The fraction of sp³-hybridized carbons (Fsp3) is 0.870. The average molecular weight is 369 g/mol. The highest BCUT2D eigenvalue weighted by atomic mass is 16.1. The first-order valence-electron chi connectivity index (χ1n) is 11.2. The molecule has 0 saturated heterocycles. The van der Waals surface area contributed by atoms with Gasteiger partial charge in [-0.05, 0) is 52.6 Å². The fourth-order valence-electron chi connectivity index (χ4n) is 2.71. The van der Waals surface area contributed by atoms with E-state index in [0.29, 0.717) is 6.42 Å². The molecule has 0 saturated carbocycles. The number of nitrogens with one attached hydrogen (secondary N) is 2. The van der Waals surface area contributed by atoms with Gasteiger partial charge in [-0.25, -0.2) is 0 Å². The molecule has 0 unspecified atom stereocenters. The SMILES string of the molecule is CCCCCCCCC=CCCCCCCCC(=O)NCCC.CNC. The molecule has 3 heteroatoms. The summed E-state index contributed by atoms with van der Waals surface area (Å²) in [5, 5.41) is 5.68. The average Bonchev–Trinajstić information content (AvgIpc) is 2.64. The molecule has 0 aromatic heterocycles. The molecule has 0 aliphatic carbocycles. The van der Waals surface area contributed by atoms with Gasteiger partial charge < -0.3 is 10.6 Å². The molecule has 0 aromatic rings. The standard InChI is InChI=1S/C21H41NO.C2H7N/c1-3-5-6-7-8-9-10-11-12-13-14-15-16-17-18-19-21(23)22-20-4-2;1-3-2/h11-12H,3-10,13-20H2,1-2H3,(H,22,23);3H,1-2H3. The zero-order valence-corrected chi connectivity index (χ0v) is 18.4. The van der Waals surface area contributed by atoms with Crippen LogP contribution in [-0.2, 0) is 4.79 Å². The lowest BCUT2D eigenvalue weighted by molar-refractivity contribution is -0.121. The van der Waals surface area contributed by atoms with Gasteiger partial charge in [-0.1, -0.05) is 77.4 Å². The molecular weight excluding hydrogens is 320 g/mol. The summed E-state index contributed by atoms with van der Waals surface area (Å²) in [6, 6.07) is 0. The Labute approximate surface area is 164 Å². The van der Waals surface area contributed by atoms with E-state index >= 15 is 0 Å². The Hall–Kier alpha value is -0.830. The van der Waals surface area contributed by atoms with Crippen molar-refractivity contribution in [1.82, 2.24) is 10.6 Å². The Balaban J connectivity index is 0. The quantitative estimate of drug-likeness (QED) is 0.231. The monoisotopic (exact) mass is 368 g/mol. The molecule has 1 amide bonds. The Bertz CT molecular complexity index is 290. The molecule has 0 fully saturated rings. The van der Waals surface area contributed by atoms with E-state index in [4.69, 9.17) is 0 Å². The van der Waals surface area contributed by atoms with Gasteiger partial charge in [-0.3, -0.25) is 4.79 Å². The number of amides is 1. The Morgan fingerprint density at radius 3 is 1.65 bits per heavy atom. The van der Waals surface area contributed by atoms with Crippen molar-refractivity contribution in [2.24, 2.45) is 0 Å². The summed E-state index contributed by atoms with van der Waals surface area (Å²) in [5.41, 5.74) is 0. The smallest absolute Gasteiger partial charge is 0.219 e. The van der Waals surface area contributed by atoms with E-state index in [-0.39, 0.29) is 5.91 Å². The third-order valence-electron chi connectivity index (χ3n) is 4.24. The van der Waals surface area contributed by atoms with Gasteiger partial charge in [0.25, 0.3) is 0 Å². The minimum atomic E-state index is 0.226. The van der Waals surface area contributed by atoms with Crippen LogP contribution in [0.3, 0.4) is 0 Å². The van der Waals surface area contributed by atoms with Crippen LogP contribution in [-0.4, -0.2) is 26.5 Å². The third-order valence-corrected chi connectivity index (χ3v) is 4.24. The minimum Gasteiger partial charge on any atom is -0.356 e. The first-order valence-corrected chi connectivity index (χ1v) is 11.2. The van der Waals surface area contributed by atoms with Crippen LogP contribution in [0.1, 0.15) is 110 Å². The van der Waals surface area contributed by atoms with Crippen molar-refractivity contribution in [3.63, 3.8) is 0 Å². The molecule has 156 valence electrons. The van der Waals surface area contributed by atoms with Crippen molar-refractivity contribution in [2.45, 2.75) is 110 Å². The van der Waals surface area contributed by atoms with Crippen LogP contribution in [0, 0.1) is 0 Å². The summed E-state index contributed by atoms with van der Waals surface area (Å²) in [6.45, 7) is 5.18. The molecule has 0 atom stereocenters. The van der Waals surface area contributed by atoms with E-state index in [0.717, 1.165) is 19.4 Å². The van der Waals surface area contributed by atoms with Gasteiger partial charge in [0, 0.05) is 13.0 Å². The van der Waals surface area contributed by atoms with Crippen molar-refractivity contribution in [3.05, 3.63) is 12.2 Å². The maximum absolute atomic E-state index is 11.4. The molecule has 0 bridgehead atoms. The number of rotatable bonds is 17. The van der Waals surface area contributed by atoms with Crippen molar-refractivity contribution in [1.29, 1.82) is 0 Å². The predicted octanol–water partition coefficient (Wildman–Crippen LogP) is 6.39. The van der Waals surface area contributed by atoms with Crippen molar-refractivity contribution >= 4 is 5.91 Å². The van der Waals surface area contributed by atoms with Crippen LogP contribution >= 0.6 is 0 Å². The van der Waals surface area contributed by atoms with Gasteiger partial charge in [-0.15, -0.1) is 0 Å². The zero-order chi connectivity index (χ0) is 19.7. The van der Waals surface area contributed by atoms with Crippen molar-refractivity contribution < 1.29 is 4.79 Å². The van der Waals surface area contributed by atoms with Crippen LogP contribution in [0.15, 0.2) is 12.2 Å². The molecule has 0 spiro atoms. The van der Waals surface area contributed by atoms with Crippen molar-refractivity contribution in [2.75, 3.05) is 20.6 Å². The second-order valence-corrected chi connectivity index (χ2v) is 7.18. The lowest BCUT2D eigenvalue weighted by Gasteiger charge is -2.03. The molecule has 0 radical (unpaired) electrons. The first kappa shape index (κ1) is 27.4. The number of hydrogen-bond acceptors (Lipinski definition) is 2. The highest BCUT2D eigenvalue weighted by Crippen LogP contribution is 2.09. The van der Waals surface area contributed by atoms with Gasteiger partial charge in [-0.2, -0.15) is 0 Å². The maximum atomic E-state index is 11.4. The Morgan fingerprint density at radius 1 is 0.692 bits per heavy atom. The van der Waals surface area contributed by atoms with Gasteiger partial charge in [0.1, 0.15) is 0 Å².